The van der Waals surface area contributed by atoms with E-state index in [2.05, 4.69) is 15.7 Å². The van der Waals surface area contributed by atoms with Crippen LogP contribution in [0.15, 0.2) is 36.7 Å². The minimum absolute atomic E-state index is 0.0581. The van der Waals surface area contributed by atoms with E-state index in [-0.39, 0.29) is 18.2 Å². The molecule has 1 aliphatic rings. The summed E-state index contributed by atoms with van der Waals surface area (Å²) in [5.41, 5.74) is 1.22. The van der Waals surface area contributed by atoms with Crippen molar-refractivity contribution in [1.82, 2.24) is 9.78 Å². The summed E-state index contributed by atoms with van der Waals surface area (Å²) in [6.07, 6.45) is 2.40. The fraction of sp³-hybridized carbons (Fsp3) is 0.267. The highest BCUT2D eigenvalue weighted by Gasteiger charge is 2.29. The number of benzene rings is 1. The zero-order chi connectivity index (χ0) is 15.5. The smallest absolute Gasteiger partial charge is 0.266 e. The van der Waals surface area contributed by atoms with Crippen molar-refractivity contribution < 1.29 is 14.3 Å². The summed E-state index contributed by atoms with van der Waals surface area (Å²) >= 11 is 0. The van der Waals surface area contributed by atoms with Crippen LogP contribution in [0.5, 0.6) is 5.75 Å². The Bertz CT molecular complexity index is 710. The van der Waals surface area contributed by atoms with Gasteiger partial charge in [0.1, 0.15) is 5.75 Å². The quantitative estimate of drug-likeness (QED) is 0.898. The molecule has 0 aliphatic carbocycles. The van der Waals surface area contributed by atoms with Gasteiger partial charge in [-0.3, -0.25) is 14.3 Å². The topological polar surface area (TPSA) is 85.3 Å². The van der Waals surface area contributed by atoms with Gasteiger partial charge >= 0.3 is 0 Å². The van der Waals surface area contributed by atoms with E-state index < -0.39 is 6.10 Å². The number of hydrogen-bond donors (Lipinski definition) is 2. The number of nitrogens with one attached hydrogen (secondary N) is 2. The molecule has 22 heavy (non-hydrogen) atoms. The number of nitrogens with zero attached hydrogens (tertiary/aromatic N) is 2. The number of anilines is 2. The maximum Gasteiger partial charge on any atom is 0.266 e. The Morgan fingerprint density at radius 1 is 1.45 bits per heavy atom. The van der Waals surface area contributed by atoms with Crippen molar-refractivity contribution in [3.05, 3.63) is 36.7 Å². The van der Waals surface area contributed by atoms with Crippen LogP contribution in [0, 0.1) is 0 Å². The minimum Gasteiger partial charge on any atom is -0.478 e. The molecule has 0 spiro atoms. The number of carbonyl (C=O) groups excluding carboxylic acids is 2. The summed E-state index contributed by atoms with van der Waals surface area (Å²) in [5, 5.41) is 9.51. The van der Waals surface area contributed by atoms with E-state index in [1.54, 1.807) is 35.3 Å². The predicted octanol–water partition coefficient (Wildman–Crippen LogP) is 1.63. The maximum absolute atomic E-state index is 12.0. The lowest BCUT2D eigenvalue weighted by atomic mass is 10.1. The van der Waals surface area contributed by atoms with Crippen LogP contribution in [0.1, 0.15) is 13.3 Å². The Morgan fingerprint density at radius 3 is 3.05 bits per heavy atom. The Morgan fingerprint density at radius 2 is 2.27 bits per heavy atom. The third kappa shape index (κ3) is 2.93. The Kier molecular flexibility index (Phi) is 3.78. The van der Waals surface area contributed by atoms with E-state index in [0.717, 1.165) is 6.54 Å². The van der Waals surface area contributed by atoms with Crippen molar-refractivity contribution in [2.75, 3.05) is 10.6 Å². The van der Waals surface area contributed by atoms with E-state index in [1.807, 2.05) is 13.0 Å². The second kappa shape index (κ2) is 5.88. The number of hydrogen-bond acceptors (Lipinski definition) is 4. The second-order valence-electron chi connectivity index (χ2n) is 4.93. The Hall–Kier alpha value is -2.83. The van der Waals surface area contributed by atoms with Crippen molar-refractivity contribution in [3.63, 3.8) is 0 Å². The van der Waals surface area contributed by atoms with E-state index in [4.69, 9.17) is 4.74 Å². The van der Waals surface area contributed by atoms with Crippen molar-refractivity contribution >= 4 is 23.2 Å². The zero-order valence-corrected chi connectivity index (χ0v) is 12.1. The molecule has 1 aromatic carbocycles. The van der Waals surface area contributed by atoms with Crippen LogP contribution in [-0.2, 0) is 16.1 Å². The molecule has 7 heteroatoms. The first-order chi connectivity index (χ1) is 10.7. The summed E-state index contributed by atoms with van der Waals surface area (Å²) in [5.74, 6) is -0.0491. The van der Waals surface area contributed by atoms with Crippen LogP contribution in [-0.4, -0.2) is 27.7 Å². The number of carbonyl (C=O) groups is 2. The van der Waals surface area contributed by atoms with E-state index in [0.29, 0.717) is 17.1 Å². The fourth-order valence-corrected chi connectivity index (χ4v) is 2.21. The molecule has 2 aromatic rings. The molecule has 0 bridgehead atoms. The highest BCUT2D eigenvalue weighted by Crippen LogP contribution is 2.29. The molecule has 1 atom stereocenters. The van der Waals surface area contributed by atoms with Gasteiger partial charge in [-0.2, -0.15) is 5.10 Å². The van der Waals surface area contributed by atoms with Gasteiger partial charge in [-0.05, 0) is 19.1 Å². The molecule has 2 heterocycles. The number of fused-ring (bicyclic) bond motifs is 1. The van der Waals surface area contributed by atoms with E-state index in [1.165, 1.54) is 0 Å². The van der Waals surface area contributed by atoms with Crippen LogP contribution < -0.4 is 15.4 Å². The summed E-state index contributed by atoms with van der Waals surface area (Å²) in [6.45, 7) is 2.68. The summed E-state index contributed by atoms with van der Waals surface area (Å²) in [4.78, 5) is 24.0. The average molecular weight is 300 g/mol. The first-order valence-corrected chi connectivity index (χ1v) is 7.04. The fourth-order valence-electron chi connectivity index (χ4n) is 2.21. The molecule has 0 fully saturated rings. The highest BCUT2D eigenvalue weighted by atomic mass is 16.5. The van der Waals surface area contributed by atoms with Gasteiger partial charge in [-0.25, -0.2) is 0 Å². The van der Waals surface area contributed by atoms with Gasteiger partial charge in [0.05, 0.1) is 24.0 Å². The largest absolute Gasteiger partial charge is 0.478 e. The predicted molar refractivity (Wildman–Crippen MR) is 80.6 cm³/mol. The van der Waals surface area contributed by atoms with Crippen LogP contribution in [0.2, 0.25) is 0 Å². The SMILES string of the molecule is CCn1cc(NC(=O)CC2Oc3ccccc3NC2=O)cn1. The number of amides is 2. The third-order valence-electron chi connectivity index (χ3n) is 3.32. The van der Waals surface area contributed by atoms with Gasteiger partial charge in [-0.15, -0.1) is 0 Å². The van der Waals surface area contributed by atoms with Crippen molar-refractivity contribution in [2.24, 2.45) is 0 Å². The molecular formula is C15H16N4O3. The lowest BCUT2D eigenvalue weighted by Gasteiger charge is -2.25. The number of rotatable bonds is 4. The van der Waals surface area contributed by atoms with Gasteiger partial charge in [-0.1, -0.05) is 12.1 Å². The van der Waals surface area contributed by atoms with Gasteiger partial charge in [0.15, 0.2) is 6.10 Å². The normalized spacial score (nSPS) is 16.4. The molecule has 1 unspecified atom stereocenters. The molecule has 114 valence electrons. The maximum atomic E-state index is 12.0. The van der Waals surface area contributed by atoms with Gasteiger partial charge in [0.25, 0.3) is 5.91 Å². The molecule has 1 aliphatic heterocycles. The standard InChI is InChI=1S/C15H16N4O3/c1-2-19-9-10(8-16-19)17-14(20)7-13-15(21)18-11-5-3-4-6-12(11)22-13/h3-6,8-9,13H,2,7H2,1H3,(H,17,20)(H,18,21). The number of aryl methyl sites for hydroxylation is 1. The summed E-state index contributed by atoms with van der Waals surface area (Å²) < 4.78 is 7.29. The number of para-hydroxylation sites is 2. The Labute approximate surface area is 127 Å². The van der Waals surface area contributed by atoms with Crippen molar-refractivity contribution in [1.29, 1.82) is 0 Å². The first-order valence-electron chi connectivity index (χ1n) is 7.04. The van der Waals surface area contributed by atoms with Crippen LogP contribution in [0.3, 0.4) is 0 Å². The molecule has 7 nitrogen and oxygen atoms in total. The molecular weight excluding hydrogens is 284 g/mol. The van der Waals surface area contributed by atoms with Gasteiger partial charge in [0, 0.05) is 12.7 Å². The van der Waals surface area contributed by atoms with Gasteiger partial charge in [0.2, 0.25) is 5.91 Å². The molecule has 1 aromatic heterocycles. The highest BCUT2D eigenvalue weighted by molar-refractivity contribution is 6.01. The Balaban J connectivity index is 1.63. The van der Waals surface area contributed by atoms with Crippen molar-refractivity contribution in [3.8, 4) is 5.75 Å². The number of ether oxygens (including phenoxy) is 1. The molecule has 2 N–H and O–H groups in total. The molecule has 3 rings (SSSR count). The van der Waals surface area contributed by atoms with Crippen LogP contribution >= 0.6 is 0 Å². The molecule has 2 amide bonds. The van der Waals surface area contributed by atoms with Crippen LogP contribution in [0.25, 0.3) is 0 Å². The van der Waals surface area contributed by atoms with Crippen molar-refractivity contribution in [2.45, 2.75) is 26.0 Å². The minimum atomic E-state index is -0.837. The number of aromatic nitrogens is 2. The lowest BCUT2D eigenvalue weighted by molar-refractivity contribution is -0.128. The average Bonchev–Trinajstić information content (AvgIpc) is 2.95. The van der Waals surface area contributed by atoms with E-state index >= 15 is 0 Å². The third-order valence-corrected chi connectivity index (χ3v) is 3.32. The first kappa shape index (κ1) is 14.1. The zero-order valence-electron chi connectivity index (χ0n) is 12.1. The molecule has 0 radical (unpaired) electrons. The second-order valence-corrected chi connectivity index (χ2v) is 4.93. The van der Waals surface area contributed by atoms with Gasteiger partial charge < -0.3 is 15.4 Å². The monoisotopic (exact) mass is 300 g/mol. The lowest BCUT2D eigenvalue weighted by Crippen LogP contribution is -2.39. The molecule has 0 saturated heterocycles. The summed E-state index contributed by atoms with van der Waals surface area (Å²) in [6, 6.07) is 7.13. The van der Waals surface area contributed by atoms with Crippen LogP contribution in [0.4, 0.5) is 11.4 Å². The van der Waals surface area contributed by atoms with E-state index in [9.17, 15) is 9.59 Å². The summed E-state index contributed by atoms with van der Waals surface area (Å²) in [7, 11) is 0. The molecule has 0 saturated carbocycles.